The van der Waals surface area contributed by atoms with Crippen molar-refractivity contribution < 1.29 is 19.4 Å². The Morgan fingerprint density at radius 2 is 1.51 bits per heavy atom. The van der Waals surface area contributed by atoms with Gasteiger partial charge in [0, 0.05) is 30.4 Å². The van der Waals surface area contributed by atoms with Crippen LogP contribution in [0.15, 0.2) is 42.5 Å². The maximum Gasteiger partial charge on any atom is 0.417 e. The molecule has 0 heterocycles. The van der Waals surface area contributed by atoms with Gasteiger partial charge in [-0.3, -0.25) is 10.2 Å². The highest BCUT2D eigenvalue weighted by molar-refractivity contribution is 6.30. The average molecular weight is 504 g/mol. The summed E-state index contributed by atoms with van der Waals surface area (Å²) >= 11 is 5.86. The van der Waals surface area contributed by atoms with Gasteiger partial charge in [0.2, 0.25) is 0 Å². The first-order chi connectivity index (χ1) is 16.9. The number of halogens is 1. The Hall–Kier alpha value is -2.93. The second kappa shape index (κ2) is 15.9. The van der Waals surface area contributed by atoms with Gasteiger partial charge in [-0.25, -0.2) is 9.59 Å². The second-order valence-electron chi connectivity index (χ2n) is 8.65. The average Bonchev–Trinajstić information content (AvgIpc) is 2.84. The monoisotopic (exact) mass is 503 g/mol. The van der Waals surface area contributed by atoms with Gasteiger partial charge in [-0.05, 0) is 42.8 Å². The molecule has 35 heavy (non-hydrogen) atoms. The third-order valence-electron chi connectivity index (χ3n) is 5.71. The summed E-state index contributed by atoms with van der Waals surface area (Å²) in [5, 5.41) is 16.0. The summed E-state index contributed by atoms with van der Waals surface area (Å²) in [5.74, 6) is 0.102. The summed E-state index contributed by atoms with van der Waals surface area (Å²) in [5.41, 5.74) is 0.791. The summed E-state index contributed by atoms with van der Waals surface area (Å²) < 4.78 is 5.40. The fraction of sp³-hybridized carbons (Fsp3) is 0.481. The molecular formula is C27H38ClN3O4. The lowest BCUT2D eigenvalue weighted by Crippen LogP contribution is -2.38. The van der Waals surface area contributed by atoms with Crippen LogP contribution in [0.1, 0.15) is 71.1 Å². The highest BCUT2D eigenvalue weighted by Crippen LogP contribution is 2.32. The SMILES string of the molecule is CCCCCCCCCCCCNC(=O)N(C)c1cc(O)ccc1OC(=O)Nc1ccc(Cl)cc1. The molecule has 0 aliphatic heterocycles. The van der Waals surface area contributed by atoms with Crippen LogP contribution in [-0.2, 0) is 0 Å². The first kappa shape index (κ1) is 28.3. The summed E-state index contributed by atoms with van der Waals surface area (Å²) in [6.07, 6.45) is 11.5. The Balaban J connectivity index is 1.77. The van der Waals surface area contributed by atoms with Crippen molar-refractivity contribution in [1.82, 2.24) is 5.32 Å². The van der Waals surface area contributed by atoms with Crippen LogP contribution < -0.4 is 20.3 Å². The number of aromatic hydroxyl groups is 1. The Labute approximate surface area is 213 Å². The number of amides is 3. The number of hydrogen-bond donors (Lipinski definition) is 3. The van der Waals surface area contributed by atoms with Crippen LogP contribution >= 0.6 is 11.6 Å². The summed E-state index contributed by atoms with van der Waals surface area (Å²) in [7, 11) is 1.56. The number of nitrogens with zero attached hydrogens (tertiary/aromatic N) is 1. The van der Waals surface area contributed by atoms with E-state index < -0.39 is 6.09 Å². The van der Waals surface area contributed by atoms with Crippen molar-refractivity contribution in [3.8, 4) is 11.5 Å². The van der Waals surface area contributed by atoms with Gasteiger partial charge in [0.1, 0.15) is 5.75 Å². The van der Waals surface area contributed by atoms with E-state index in [1.54, 1.807) is 31.3 Å². The first-order valence-electron chi connectivity index (χ1n) is 12.5. The predicted molar refractivity (Wildman–Crippen MR) is 143 cm³/mol. The zero-order valence-electron chi connectivity index (χ0n) is 20.8. The van der Waals surface area contributed by atoms with E-state index in [4.69, 9.17) is 16.3 Å². The second-order valence-corrected chi connectivity index (χ2v) is 9.08. The minimum Gasteiger partial charge on any atom is -0.508 e. The topological polar surface area (TPSA) is 90.9 Å². The van der Waals surface area contributed by atoms with Gasteiger partial charge >= 0.3 is 12.1 Å². The molecule has 2 rings (SSSR count). The van der Waals surface area contributed by atoms with E-state index in [0.29, 0.717) is 17.3 Å². The highest BCUT2D eigenvalue weighted by atomic mass is 35.5. The van der Waals surface area contributed by atoms with Crippen LogP contribution in [0.25, 0.3) is 0 Å². The van der Waals surface area contributed by atoms with Crippen LogP contribution in [-0.4, -0.2) is 30.8 Å². The van der Waals surface area contributed by atoms with Crippen LogP contribution in [0, 0.1) is 0 Å². The lowest BCUT2D eigenvalue weighted by molar-refractivity contribution is 0.215. The molecule has 0 fully saturated rings. The Kier molecular flexibility index (Phi) is 12.8. The number of phenols is 1. The third-order valence-corrected chi connectivity index (χ3v) is 5.96. The van der Waals surface area contributed by atoms with Gasteiger partial charge in [0.15, 0.2) is 5.75 Å². The van der Waals surface area contributed by atoms with Gasteiger partial charge in [0.25, 0.3) is 0 Å². The molecule has 0 unspecified atom stereocenters. The van der Waals surface area contributed by atoms with E-state index in [-0.39, 0.29) is 23.2 Å². The van der Waals surface area contributed by atoms with E-state index in [1.807, 2.05) is 0 Å². The number of rotatable bonds is 14. The fourth-order valence-electron chi connectivity index (χ4n) is 3.67. The minimum atomic E-state index is -0.724. The zero-order valence-corrected chi connectivity index (χ0v) is 21.6. The molecule has 2 aromatic carbocycles. The van der Waals surface area contributed by atoms with Crippen molar-refractivity contribution in [2.45, 2.75) is 71.1 Å². The molecule has 0 saturated heterocycles. The van der Waals surface area contributed by atoms with Gasteiger partial charge in [-0.15, -0.1) is 0 Å². The molecule has 8 heteroatoms. The maximum absolute atomic E-state index is 12.6. The maximum atomic E-state index is 12.6. The van der Waals surface area contributed by atoms with Gasteiger partial charge < -0.3 is 15.2 Å². The van der Waals surface area contributed by atoms with Gasteiger partial charge in [-0.2, -0.15) is 0 Å². The van der Waals surface area contributed by atoms with Gasteiger partial charge in [0.05, 0.1) is 5.69 Å². The number of nitrogens with one attached hydrogen (secondary N) is 2. The Morgan fingerprint density at radius 3 is 2.14 bits per heavy atom. The first-order valence-corrected chi connectivity index (χ1v) is 12.9. The van der Waals surface area contributed by atoms with Crippen molar-refractivity contribution >= 4 is 35.1 Å². The quantitative estimate of drug-likeness (QED) is 0.230. The molecule has 0 saturated carbocycles. The minimum absolute atomic E-state index is 0.0418. The largest absolute Gasteiger partial charge is 0.508 e. The summed E-state index contributed by atoms with van der Waals surface area (Å²) in [6, 6.07) is 10.5. The van der Waals surface area contributed by atoms with Crippen molar-refractivity contribution in [2.75, 3.05) is 23.8 Å². The van der Waals surface area contributed by atoms with Crippen LogP contribution in [0.5, 0.6) is 11.5 Å². The van der Waals surface area contributed by atoms with Crippen molar-refractivity contribution in [1.29, 1.82) is 0 Å². The Morgan fingerprint density at radius 1 is 0.914 bits per heavy atom. The smallest absolute Gasteiger partial charge is 0.417 e. The molecule has 0 atom stereocenters. The molecule has 3 amide bonds. The van der Waals surface area contributed by atoms with E-state index in [9.17, 15) is 14.7 Å². The summed E-state index contributed by atoms with van der Waals surface area (Å²) in [4.78, 5) is 26.3. The highest BCUT2D eigenvalue weighted by Gasteiger charge is 2.18. The van der Waals surface area contributed by atoms with Crippen molar-refractivity contribution in [2.24, 2.45) is 0 Å². The predicted octanol–water partition coefficient (Wildman–Crippen LogP) is 7.72. The molecule has 7 nitrogen and oxygen atoms in total. The van der Waals surface area contributed by atoms with E-state index >= 15 is 0 Å². The number of phenolic OH excluding ortho intramolecular Hbond substituents is 1. The molecule has 0 aromatic heterocycles. The van der Waals surface area contributed by atoms with Gasteiger partial charge in [-0.1, -0.05) is 76.3 Å². The van der Waals surface area contributed by atoms with Crippen LogP contribution in [0.2, 0.25) is 5.02 Å². The molecule has 2 aromatic rings. The number of unbranched alkanes of at least 4 members (excludes halogenated alkanes) is 9. The molecular weight excluding hydrogens is 466 g/mol. The lowest BCUT2D eigenvalue weighted by atomic mass is 10.1. The standard InChI is InChI=1S/C27H38ClN3O4/c1-3-4-5-6-7-8-9-10-11-12-19-29-26(33)31(2)24-20-23(32)17-18-25(24)35-27(34)30-22-15-13-21(28)14-16-22/h13-18,20,32H,3-12,19H2,1-2H3,(H,29,33)(H,30,34). The number of hydrogen-bond acceptors (Lipinski definition) is 4. The lowest BCUT2D eigenvalue weighted by Gasteiger charge is -2.21. The molecule has 0 radical (unpaired) electrons. The van der Waals surface area contributed by atoms with E-state index in [2.05, 4.69) is 17.6 Å². The number of carbonyl (C=O) groups excluding carboxylic acids is 2. The number of ether oxygens (including phenoxy) is 1. The molecule has 3 N–H and O–H groups in total. The number of carbonyl (C=O) groups is 2. The van der Waals surface area contributed by atoms with Crippen molar-refractivity contribution in [3.63, 3.8) is 0 Å². The van der Waals surface area contributed by atoms with E-state index in [0.717, 1.165) is 12.8 Å². The molecule has 192 valence electrons. The normalized spacial score (nSPS) is 10.6. The zero-order chi connectivity index (χ0) is 25.5. The molecule has 0 bridgehead atoms. The van der Waals surface area contributed by atoms with Crippen LogP contribution in [0.4, 0.5) is 21.0 Å². The number of urea groups is 1. The fourth-order valence-corrected chi connectivity index (χ4v) is 3.79. The van der Waals surface area contributed by atoms with Crippen molar-refractivity contribution in [3.05, 3.63) is 47.5 Å². The number of benzene rings is 2. The molecule has 0 aliphatic carbocycles. The Bertz CT molecular complexity index is 921. The number of anilines is 2. The third kappa shape index (κ3) is 10.9. The molecule has 0 aliphatic rings. The van der Waals surface area contributed by atoms with Crippen LogP contribution in [0.3, 0.4) is 0 Å². The summed E-state index contributed by atoms with van der Waals surface area (Å²) in [6.45, 7) is 2.79. The van der Waals surface area contributed by atoms with E-state index in [1.165, 1.54) is 74.5 Å². The molecule has 0 spiro atoms.